The standard InChI is InChI=1S/C56H40N2O/c1-33-12-10-15-36(28-33)37-23-25-39-40-26-24-38(49-19-11-18-48(57-49)35-13-4-3-5-14-35)31-46(40)56(45(39)30-37)44-17-7-8-20-51(44)58-50-27-22-34(2)29-43(50)53-54(58)47(56)32-42-41-16-6-9-21-52(41)59-55(42)53/h3-11,13-28,30-34H,12,29H2,1-2H3. The highest BCUT2D eigenvalue weighted by molar-refractivity contribution is 6.19. The van der Waals surface area contributed by atoms with Gasteiger partial charge in [0.2, 0.25) is 0 Å². The molecule has 9 aromatic rings. The van der Waals surface area contributed by atoms with Crippen LogP contribution in [0.15, 0.2) is 168 Å². The van der Waals surface area contributed by atoms with Crippen LogP contribution in [0.25, 0.3) is 83.8 Å². The summed E-state index contributed by atoms with van der Waals surface area (Å²) in [7, 11) is 0. The van der Waals surface area contributed by atoms with Crippen molar-refractivity contribution in [1.82, 2.24) is 9.55 Å². The lowest BCUT2D eigenvalue weighted by Crippen LogP contribution is -2.34. The summed E-state index contributed by atoms with van der Waals surface area (Å²) in [6.07, 6.45) is 13.9. The molecule has 59 heavy (non-hydrogen) atoms. The molecule has 0 saturated carbocycles. The number of aromatic nitrogens is 2. The number of rotatable bonds is 3. The maximum Gasteiger partial charge on any atom is 0.145 e. The van der Waals surface area contributed by atoms with Gasteiger partial charge in [0, 0.05) is 33.0 Å². The normalized spacial score (nSPS) is 19.6. The van der Waals surface area contributed by atoms with E-state index in [0.29, 0.717) is 11.8 Å². The fourth-order valence-electron chi connectivity index (χ4n) is 11.1. The molecule has 0 fully saturated rings. The minimum absolute atomic E-state index is 0.422. The molecule has 3 aromatic heterocycles. The first-order valence-electron chi connectivity index (χ1n) is 21.1. The first-order valence-corrected chi connectivity index (χ1v) is 21.1. The monoisotopic (exact) mass is 756 g/mol. The van der Waals surface area contributed by atoms with Crippen molar-refractivity contribution in [2.24, 2.45) is 11.8 Å². The summed E-state index contributed by atoms with van der Waals surface area (Å²) in [5, 5.41) is 3.58. The zero-order valence-electron chi connectivity index (χ0n) is 33.0. The van der Waals surface area contributed by atoms with Gasteiger partial charge in [-0.05, 0) is 123 Å². The molecule has 1 aliphatic heterocycles. The predicted octanol–water partition coefficient (Wildman–Crippen LogP) is 14.1. The van der Waals surface area contributed by atoms with Crippen LogP contribution in [0, 0.1) is 11.8 Å². The molecular weight excluding hydrogens is 717 g/mol. The number of benzene rings is 6. The largest absolute Gasteiger partial charge is 0.455 e. The maximum atomic E-state index is 6.95. The van der Waals surface area contributed by atoms with E-state index in [-0.39, 0.29) is 0 Å². The van der Waals surface area contributed by atoms with E-state index in [0.717, 1.165) is 51.9 Å². The first-order chi connectivity index (χ1) is 29.1. The van der Waals surface area contributed by atoms with Gasteiger partial charge in [-0.25, -0.2) is 4.98 Å². The fraction of sp³-hybridized carbons (Fsp3) is 0.125. The Balaban J connectivity index is 1.19. The number of pyridine rings is 1. The fourth-order valence-corrected chi connectivity index (χ4v) is 11.1. The Labute approximate surface area is 343 Å². The topological polar surface area (TPSA) is 31.0 Å². The molecule has 0 amide bonds. The summed E-state index contributed by atoms with van der Waals surface area (Å²) in [4.78, 5) is 5.30. The molecule has 3 atom stereocenters. The SMILES string of the molecule is CC1C=C(c2ccc3c(c2)C2(c4cc(-c5cccc(-c6ccccc6)n5)ccc4-3)c3ccccc3-n3c4c(c5c6oc7ccccc7c6cc2c53)CC(C)C=C4)C=CC1. The molecule has 1 spiro atoms. The van der Waals surface area contributed by atoms with Crippen molar-refractivity contribution in [3.8, 4) is 39.3 Å². The molecule has 3 aliphatic carbocycles. The van der Waals surface area contributed by atoms with Crippen molar-refractivity contribution in [2.75, 3.05) is 0 Å². The highest BCUT2D eigenvalue weighted by Crippen LogP contribution is 2.63. The summed E-state index contributed by atoms with van der Waals surface area (Å²) in [6.45, 7) is 4.65. The predicted molar refractivity (Wildman–Crippen MR) is 243 cm³/mol. The molecule has 4 aliphatic rings. The van der Waals surface area contributed by atoms with Crippen LogP contribution in [0.4, 0.5) is 0 Å². The molecule has 3 nitrogen and oxygen atoms in total. The third kappa shape index (κ3) is 4.45. The van der Waals surface area contributed by atoms with Gasteiger partial charge in [-0.1, -0.05) is 135 Å². The number of nitrogens with zero attached hydrogens (tertiary/aromatic N) is 2. The van der Waals surface area contributed by atoms with Crippen molar-refractivity contribution >= 4 is 44.5 Å². The highest BCUT2D eigenvalue weighted by Gasteiger charge is 2.52. The van der Waals surface area contributed by atoms with E-state index < -0.39 is 5.41 Å². The molecule has 280 valence electrons. The molecule has 0 bridgehead atoms. The maximum absolute atomic E-state index is 6.95. The smallest absolute Gasteiger partial charge is 0.145 e. The molecular formula is C56H40N2O. The summed E-state index contributed by atoms with van der Waals surface area (Å²) >= 11 is 0. The van der Waals surface area contributed by atoms with E-state index >= 15 is 0 Å². The number of allylic oxidation sites excluding steroid dienone is 5. The van der Waals surface area contributed by atoms with Gasteiger partial charge in [0.05, 0.1) is 28.0 Å². The third-order valence-electron chi connectivity index (χ3n) is 13.6. The van der Waals surface area contributed by atoms with Gasteiger partial charge in [-0.15, -0.1) is 0 Å². The summed E-state index contributed by atoms with van der Waals surface area (Å²) in [6, 6.07) is 51.6. The van der Waals surface area contributed by atoms with Crippen LogP contribution >= 0.6 is 0 Å². The van der Waals surface area contributed by atoms with Crippen molar-refractivity contribution < 1.29 is 4.42 Å². The van der Waals surface area contributed by atoms with Crippen LogP contribution in [-0.4, -0.2) is 9.55 Å². The number of hydrogen-bond donors (Lipinski definition) is 0. The molecule has 3 unspecified atom stereocenters. The Bertz CT molecular complexity index is 3370. The van der Waals surface area contributed by atoms with Gasteiger partial charge < -0.3 is 8.98 Å². The third-order valence-corrected chi connectivity index (χ3v) is 13.6. The van der Waals surface area contributed by atoms with Gasteiger partial charge in [-0.2, -0.15) is 0 Å². The van der Waals surface area contributed by atoms with Crippen LogP contribution in [0.5, 0.6) is 0 Å². The molecule has 0 N–H and O–H groups in total. The summed E-state index contributed by atoms with van der Waals surface area (Å²) in [5.74, 6) is 0.916. The lowest BCUT2D eigenvalue weighted by atomic mass is 9.64. The second-order valence-corrected chi connectivity index (χ2v) is 17.2. The van der Waals surface area contributed by atoms with Gasteiger partial charge in [0.25, 0.3) is 0 Å². The molecule has 4 heterocycles. The van der Waals surface area contributed by atoms with Crippen LogP contribution < -0.4 is 0 Å². The van der Waals surface area contributed by atoms with Crippen LogP contribution in [0.3, 0.4) is 0 Å². The van der Waals surface area contributed by atoms with E-state index in [9.17, 15) is 0 Å². The van der Waals surface area contributed by atoms with Gasteiger partial charge in [0.1, 0.15) is 11.2 Å². The lowest BCUT2D eigenvalue weighted by molar-refractivity contribution is 0.670. The van der Waals surface area contributed by atoms with Gasteiger partial charge in [0.15, 0.2) is 0 Å². The van der Waals surface area contributed by atoms with E-state index in [1.54, 1.807) is 0 Å². The average Bonchev–Trinajstić information content (AvgIpc) is 3.92. The van der Waals surface area contributed by atoms with Gasteiger partial charge >= 0.3 is 0 Å². The van der Waals surface area contributed by atoms with Crippen LogP contribution in [0.2, 0.25) is 0 Å². The van der Waals surface area contributed by atoms with Crippen molar-refractivity contribution in [1.29, 1.82) is 0 Å². The second kappa shape index (κ2) is 12.0. The number of para-hydroxylation sites is 2. The van der Waals surface area contributed by atoms with E-state index in [1.165, 1.54) is 77.8 Å². The quantitative estimate of drug-likeness (QED) is 0.180. The summed E-state index contributed by atoms with van der Waals surface area (Å²) < 4.78 is 9.52. The van der Waals surface area contributed by atoms with E-state index in [2.05, 4.69) is 188 Å². The molecule has 3 heteroatoms. The van der Waals surface area contributed by atoms with Gasteiger partial charge in [-0.3, -0.25) is 0 Å². The Hall–Kier alpha value is -6.97. The Morgan fingerprint density at radius 3 is 2.22 bits per heavy atom. The summed E-state index contributed by atoms with van der Waals surface area (Å²) in [5.41, 5.74) is 20.9. The average molecular weight is 757 g/mol. The van der Waals surface area contributed by atoms with Crippen LogP contribution in [-0.2, 0) is 11.8 Å². The molecule has 6 aromatic carbocycles. The lowest BCUT2D eigenvalue weighted by Gasteiger charge is -2.40. The van der Waals surface area contributed by atoms with Crippen molar-refractivity contribution in [2.45, 2.75) is 32.1 Å². The highest BCUT2D eigenvalue weighted by atomic mass is 16.3. The Kier molecular flexibility index (Phi) is 6.74. The van der Waals surface area contributed by atoms with E-state index in [1.807, 2.05) is 0 Å². The molecule has 0 saturated heterocycles. The van der Waals surface area contributed by atoms with Crippen molar-refractivity contribution in [3.63, 3.8) is 0 Å². The molecule has 13 rings (SSSR count). The first kappa shape index (κ1) is 33.0. The number of furan rings is 1. The molecule has 0 radical (unpaired) electrons. The Morgan fingerprint density at radius 1 is 0.627 bits per heavy atom. The Morgan fingerprint density at radius 2 is 1.37 bits per heavy atom. The second-order valence-electron chi connectivity index (χ2n) is 17.2. The van der Waals surface area contributed by atoms with Crippen molar-refractivity contribution in [3.05, 3.63) is 203 Å². The zero-order chi connectivity index (χ0) is 39.0. The van der Waals surface area contributed by atoms with E-state index in [4.69, 9.17) is 9.40 Å². The minimum Gasteiger partial charge on any atom is -0.455 e. The number of fused-ring (bicyclic) bond motifs is 16. The minimum atomic E-state index is -0.633. The zero-order valence-corrected chi connectivity index (χ0v) is 33.0. The van der Waals surface area contributed by atoms with Crippen LogP contribution in [0.1, 0.15) is 59.3 Å². The number of hydrogen-bond acceptors (Lipinski definition) is 2.